The monoisotopic (exact) mass is 854 g/mol. The lowest BCUT2D eigenvalue weighted by Crippen LogP contribution is -2.10. The first-order valence-electron chi connectivity index (χ1n) is 23.2. The first-order chi connectivity index (χ1) is 29.6. The summed E-state index contributed by atoms with van der Waals surface area (Å²) < 4.78 is 41.0. The summed E-state index contributed by atoms with van der Waals surface area (Å²) in [6.07, 6.45) is 26.3. The molecule has 2 N–H and O–H groups in total. The van der Waals surface area contributed by atoms with Gasteiger partial charge in [-0.15, -0.1) is 0 Å². The Morgan fingerprint density at radius 1 is 0.426 bits per heavy atom. The predicted molar refractivity (Wildman–Crippen MR) is 246 cm³/mol. The van der Waals surface area contributed by atoms with Crippen LogP contribution in [-0.4, -0.2) is 30.6 Å². The van der Waals surface area contributed by atoms with Crippen LogP contribution in [0.4, 0.5) is 0 Å². The molecular formula is C52H70O8S. The van der Waals surface area contributed by atoms with E-state index in [2.05, 4.69) is 13.8 Å². The van der Waals surface area contributed by atoms with Gasteiger partial charge in [-0.05, 0) is 84.6 Å². The molecule has 0 saturated carbocycles. The van der Waals surface area contributed by atoms with Gasteiger partial charge in [0.1, 0.15) is 23.0 Å². The molecule has 0 fully saturated rings. The lowest BCUT2D eigenvalue weighted by molar-refractivity contribution is -0.135. The smallest absolute Gasteiger partial charge is 0.311 e. The number of aromatic hydroxyl groups is 2. The van der Waals surface area contributed by atoms with Gasteiger partial charge in [-0.3, -0.25) is 9.59 Å². The maximum absolute atomic E-state index is 14.8. The maximum Gasteiger partial charge on any atom is 0.311 e. The number of rotatable bonds is 30. The summed E-state index contributed by atoms with van der Waals surface area (Å²) in [4.78, 5) is 25.8. The normalized spacial score (nSPS) is 11.4. The minimum Gasteiger partial charge on any atom is -0.508 e. The average Bonchev–Trinajstić information content (AvgIpc) is 3.25. The number of unbranched alkanes of at least 4 members (excludes halogenated alkanes) is 20. The van der Waals surface area contributed by atoms with Crippen molar-refractivity contribution in [2.24, 2.45) is 0 Å². The number of carbonyl (C=O) groups excluding carboxylic acids is 2. The second-order valence-electron chi connectivity index (χ2n) is 16.4. The number of sulfone groups is 1. The molecule has 4 rings (SSSR count). The molecule has 0 amide bonds. The Labute approximate surface area is 366 Å². The summed E-state index contributed by atoms with van der Waals surface area (Å²) in [6.45, 7) is 4.46. The van der Waals surface area contributed by atoms with Gasteiger partial charge >= 0.3 is 11.9 Å². The molecule has 0 bridgehead atoms. The third kappa shape index (κ3) is 17.3. The van der Waals surface area contributed by atoms with Crippen molar-refractivity contribution in [3.05, 3.63) is 84.9 Å². The Bertz CT molecular complexity index is 1870. The zero-order valence-corrected chi connectivity index (χ0v) is 37.6. The Morgan fingerprint density at radius 2 is 0.721 bits per heavy atom. The zero-order chi connectivity index (χ0) is 43.7. The number of phenolic OH excluding ortho intramolecular Hbond substituents is 2. The van der Waals surface area contributed by atoms with E-state index in [1.165, 1.54) is 138 Å². The molecule has 0 atom stereocenters. The summed E-state index contributed by atoms with van der Waals surface area (Å²) >= 11 is 0. The number of hydrogen-bond donors (Lipinski definition) is 2. The van der Waals surface area contributed by atoms with Crippen molar-refractivity contribution in [3.8, 4) is 45.3 Å². The first kappa shape index (κ1) is 49.0. The molecule has 0 aromatic heterocycles. The number of esters is 2. The van der Waals surface area contributed by atoms with Crippen LogP contribution in [0.25, 0.3) is 22.3 Å². The Morgan fingerprint density at radius 3 is 1.03 bits per heavy atom. The average molecular weight is 855 g/mol. The topological polar surface area (TPSA) is 127 Å². The van der Waals surface area contributed by atoms with Crippen molar-refractivity contribution >= 4 is 21.8 Å². The van der Waals surface area contributed by atoms with E-state index in [-0.39, 0.29) is 57.6 Å². The van der Waals surface area contributed by atoms with Gasteiger partial charge in [0.05, 0.1) is 9.79 Å². The van der Waals surface area contributed by atoms with E-state index in [1.54, 1.807) is 36.4 Å². The van der Waals surface area contributed by atoms with E-state index in [0.717, 1.165) is 51.4 Å². The van der Waals surface area contributed by atoms with Crippen molar-refractivity contribution in [3.63, 3.8) is 0 Å². The zero-order valence-electron chi connectivity index (χ0n) is 36.8. The van der Waals surface area contributed by atoms with E-state index in [9.17, 15) is 28.2 Å². The highest BCUT2D eigenvalue weighted by Gasteiger charge is 2.27. The second kappa shape index (κ2) is 27.3. The number of ether oxygens (including phenoxy) is 2. The highest BCUT2D eigenvalue weighted by atomic mass is 32.2. The SMILES string of the molecule is CCCCCCCCCCCCCC(=O)Oc1ccc(S(=O)(=O)c2ccc(OC(=O)CCCCCCCCCCCCC)cc2-c2ccc(O)cc2)c(-c2ccc(O)cc2)c1. The van der Waals surface area contributed by atoms with E-state index in [4.69, 9.17) is 9.47 Å². The van der Waals surface area contributed by atoms with Crippen molar-refractivity contribution in [1.29, 1.82) is 0 Å². The molecule has 0 unspecified atom stereocenters. The van der Waals surface area contributed by atoms with E-state index in [1.807, 2.05) is 0 Å². The van der Waals surface area contributed by atoms with Crippen LogP contribution in [0.15, 0.2) is 94.7 Å². The van der Waals surface area contributed by atoms with Gasteiger partial charge in [-0.25, -0.2) is 8.42 Å². The molecule has 0 radical (unpaired) electrons. The highest BCUT2D eigenvalue weighted by molar-refractivity contribution is 7.91. The molecule has 8 nitrogen and oxygen atoms in total. The van der Waals surface area contributed by atoms with Crippen LogP contribution in [0, 0.1) is 0 Å². The fourth-order valence-corrected chi connectivity index (χ4v) is 9.36. The molecule has 61 heavy (non-hydrogen) atoms. The van der Waals surface area contributed by atoms with E-state index >= 15 is 0 Å². The number of carbonyl (C=O) groups is 2. The molecule has 0 spiro atoms. The number of hydrogen-bond acceptors (Lipinski definition) is 8. The largest absolute Gasteiger partial charge is 0.508 e. The molecular weight excluding hydrogens is 785 g/mol. The first-order valence-corrected chi connectivity index (χ1v) is 24.6. The highest BCUT2D eigenvalue weighted by Crippen LogP contribution is 2.40. The molecule has 0 aliphatic heterocycles. The van der Waals surface area contributed by atoms with Crippen LogP contribution in [0.2, 0.25) is 0 Å². The van der Waals surface area contributed by atoms with Gasteiger partial charge in [0.2, 0.25) is 9.84 Å². The summed E-state index contributed by atoms with van der Waals surface area (Å²) in [6, 6.07) is 21.3. The molecule has 0 saturated heterocycles. The number of phenols is 2. The molecule has 0 aliphatic rings. The van der Waals surface area contributed by atoms with Crippen molar-refractivity contribution in [2.45, 2.75) is 178 Å². The Kier molecular flexibility index (Phi) is 22.0. The Balaban J connectivity index is 1.45. The Hall–Kier alpha value is -4.63. The summed E-state index contributed by atoms with van der Waals surface area (Å²) in [7, 11) is -4.28. The van der Waals surface area contributed by atoms with E-state index < -0.39 is 9.84 Å². The lowest BCUT2D eigenvalue weighted by atomic mass is 10.0. The van der Waals surface area contributed by atoms with Crippen LogP contribution in [0.3, 0.4) is 0 Å². The minimum absolute atomic E-state index is 0.0194. The molecule has 0 heterocycles. The predicted octanol–water partition coefficient (Wildman–Crippen LogP) is 14.5. The standard InChI is InChI=1S/C52H70O8S/c1-3-5-7-9-11-13-15-17-19-21-23-25-51(55)59-45-35-37-49(47(39-45)41-27-31-43(53)32-28-41)61(57,58)50-38-36-46(40-48(50)42-29-33-44(54)34-30-42)60-52(56)26-24-22-20-18-16-14-12-10-8-6-4-2/h27-40,53-54H,3-26H2,1-2H3. The minimum atomic E-state index is -4.28. The summed E-state index contributed by atoms with van der Waals surface area (Å²) in [5, 5.41) is 20.1. The van der Waals surface area contributed by atoms with Crippen LogP contribution in [-0.2, 0) is 19.4 Å². The fourth-order valence-electron chi connectivity index (χ4n) is 7.70. The van der Waals surface area contributed by atoms with Gasteiger partial charge in [-0.2, -0.15) is 0 Å². The molecule has 0 aliphatic carbocycles. The third-order valence-electron chi connectivity index (χ3n) is 11.3. The third-order valence-corrected chi connectivity index (χ3v) is 13.1. The van der Waals surface area contributed by atoms with E-state index in [0.29, 0.717) is 22.3 Å². The van der Waals surface area contributed by atoms with Gasteiger partial charge in [0.25, 0.3) is 0 Å². The van der Waals surface area contributed by atoms with Crippen molar-refractivity contribution < 1.29 is 37.7 Å². The van der Waals surface area contributed by atoms with Gasteiger partial charge in [0.15, 0.2) is 0 Å². The van der Waals surface area contributed by atoms with Crippen LogP contribution in [0.5, 0.6) is 23.0 Å². The number of benzene rings is 4. The lowest BCUT2D eigenvalue weighted by Gasteiger charge is -2.17. The van der Waals surface area contributed by atoms with Crippen LogP contribution >= 0.6 is 0 Å². The van der Waals surface area contributed by atoms with Crippen molar-refractivity contribution in [1.82, 2.24) is 0 Å². The second-order valence-corrected chi connectivity index (χ2v) is 18.3. The van der Waals surface area contributed by atoms with Crippen molar-refractivity contribution in [2.75, 3.05) is 0 Å². The molecule has 9 heteroatoms. The van der Waals surface area contributed by atoms with Gasteiger partial charge in [-0.1, -0.05) is 167 Å². The quantitative estimate of drug-likeness (QED) is 0.0301. The summed E-state index contributed by atoms with van der Waals surface area (Å²) in [5.41, 5.74) is 1.58. The molecule has 4 aromatic rings. The van der Waals surface area contributed by atoms with Crippen LogP contribution in [0.1, 0.15) is 168 Å². The van der Waals surface area contributed by atoms with Gasteiger partial charge in [0, 0.05) is 24.0 Å². The molecule has 332 valence electrons. The maximum atomic E-state index is 14.8. The molecule has 4 aromatic carbocycles. The van der Waals surface area contributed by atoms with Gasteiger partial charge < -0.3 is 19.7 Å². The fraction of sp³-hybridized carbons (Fsp3) is 0.500. The summed E-state index contributed by atoms with van der Waals surface area (Å²) in [5.74, 6) is -0.294. The van der Waals surface area contributed by atoms with Crippen LogP contribution < -0.4 is 9.47 Å².